The van der Waals surface area contributed by atoms with Gasteiger partial charge in [0.2, 0.25) is 5.95 Å². The monoisotopic (exact) mass is 353 g/mol. The quantitative estimate of drug-likeness (QED) is 0.906. The maximum atomic E-state index is 12.1. The van der Waals surface area contributed by atoms with Crippen molar-refractivity contribution in [1.82, 2.24) is 9.97 Å². The largest absolute Gasteiger partial charge is 0.368 e. The Morgan fingerprint density at radius 3 is 2.38 bits per heavy atom. The molecule has 1 N–H and O–H groups in total. The van der Waals surface area contributed by atoms with Crippen molar-refractivity contribution in [1.29, 1.82) is 0 Å². The van der Waals surface area contributed by atoms with E-state index >= 15 is 0 Å². The number of piperazine rings is 1. The van der Waals surface area contributed by atoms with Crippen LogP contribution in [0.2, 0.25) is 0 Å². The molecule has 2 aromatic rings. The van der Waals surface area contributed by atoms with Crippen LogP contribution in [0.3, 0.4) is 0 Å². The Kier molecular flexibility index (Phi) is 4.97. The van der Waals surface area contributed by atoms with E-state index in [9.17, 15) is 4.79 Å². The number of rotatable bonds is 4. The molecule has 7 nitrogen and oxygen atoms in total. The fraction of sp³-hybridized carbons (Fsp3) is 0.421. The number of hydrogen-bond donors (Lipinski definition) is 1. The lowest BCUT2D eigenvalue weighted by Crippen LogP contribution is -2.47. The smallest absolute Gasteiger partial charge is 0.253 e. The highest BCUT2D eigenvalue weighted by Crippen LogP contribution is 2.19. The Balaban J connectivity index is 1.32. The standard InChI is InChI=1S/C19H23N5O2/c25-18(17-7-4-12-26-17)22-15-13-20-19(21-14-15)24-10-8-23(9-11-24)16-5-2-1-3-6-16/h1-3,5-6,13-14,17H,4,7-12H2,(H,22,25)/t17-/m0/s1. The van der Waals surface area contributed by atoms with Crippen LogP contribution in [0.1, 0.15) is 12.8 Å². The summed E-state index contributed by atoms with van der Waals surface area (Å²) in [7, 11) is 0. The van der Waals surface area contributed by atoms with Crippen LogP contribution < -0.4 is 15.1 Å². The molecule has 2 aliphatic rings. The van der Waals surface area contributed by atoms with Crippen molar-refractivity contribution < 1.29 is 9.53 Å². The Hall–Kier alpha value is -2.67. The molecule has 1 aromatic heterocycles. The fourth-order valence-electron chi connectivity index (χ4n) is 3.36. The second-order valence-corrected chi connectivity index (χ2v) is 6.57. The van der Waals surface area contributed by atoms with Crippen molar-refractivity contribution in [3.8, 4) is 0 Å². The van der Waals surface area contributed by atoms with Gasteiger partial charge in [0.15, 0.2) is 0 Å². The molecule has 7 heteroatoms. The van der Waals surface area contributed by atoms with Gasteiger partial charge in [0.1, 0.15) is 6.10 Å². The van der Waals surface area contributed by atoms with Crippen molar-refractivity contribution >= 4 is 23.2 Å². The predicted molar refractivity (Wildman–Crippen MR) is 101 cm³/mol. The molecule has 2 aliphatic heterocycles. The molecule has 1 aromatic carbocycles. The van der Waals surface area contributed by atoms with Crippen LogP contribution in [0.15, 0.2) is 42.7 Å². The van der Waals surface area contributed by atoms with Crippen LogP contribution >= 0.6 is 0 Å². The van der Waals surface area contributed by atoms with Gasteiger partial charge >= 0.3 is 0 Å². The number of anilines is 3. The number of hydrogen-bond acceptors (Lipinski definition) is 6. The van der Waals surface area contributed by atoms with Crippen molar-refractivity contribution in [2.75, 3.05) is 47.9 Å². The molecule has 26 heavy (non-hydrogen) atoms. The van der Waals surface area contributed by atoms with E-state index in [0.29, 0.717) is 18.2 Å². The maximum Gasteiger partial charge on any atom is 0.253 e. The van der Waals surface area contributed by atoms with Gasteiger partial charge in [-0.15, -0.1) is 0 Å². The maximum absolute atomic E-state index is 12.1. The van der Waals surface area contributed by atoms with Crippen LogP contribution in [-0.2, 0) is 9.53 Å². The molecule has 0 unspecified atom stereocenters. The molecule has 1 amide bonds. The van der Waals surface area contributed by atoms with Crippen molar-refractivity contribution in [2.45, 2.75) is 18.9 Å². The van der Waals surface area contributed by atoms with E-state index in [1.165, 1.54) is 5.69 Å². The van der Waals surface area contributed by atoms with E-state index in [0.717, 1.165) is 39.0 Å². The fourth-order valence-corrected chi connectivity index (χ4v) is 3.36. The summed E-state index contributed by atoms with van der Waals surface area (Å²) in [6, 6.07) is 10.4. The SMILES string of the molecule is O=C(Nc1cnc(N2CCN(c3ccccc3)CC2)nc1)[C@@H]1CCCO1. The number of amides is 1. The summed E-state index contributed by atoms with van der Waals surface area (Å²) in [4.78, 5) is 25.4. The van der Waals surface area contributed by atoms with Crippen molar-refractivity contribution in [3.05, 3.63) is 42.7 Å². The third-order valence-electron chi connectivity index (χ3n) is 4.81. The van der Waals surface area contributed by atoms with E-state index in [2.05, 4.69) is 49.4 Å². The molecular formula is C19H23N5O2. The van der Waals surface area contributed by atoms with Gasteiger partial charge in [-0.1, -0.05) is 18.2 Å². The average Bonchev–Trinajstić information content (AvgIpc) is 3.25. The van der Waals surface area contributed by atoms with Gasteiger partial charge in [0.05, 0.1) is 18.1 Å². The molecule has 0 bridgehead atoms. The number of ether oxygens (including phenoxy) is 1. The van der Waals surface area contributed by atoms with E-state index in [-0.39, 0.29) is 12.0 Å². The third kappa shape index (κ3) is 3.77. The first kappa shape index (κ1) is 16.8. The second-order valence-electron chi connectivity index (χ2n) is 6.57. The van der Waals surface area contributed by atoms with Crippen LogP contribution in [0.5, 0.6) is 0 Å². The minimum atomic E-state index is -0.347. The number of benzene rings is 1. The molecule has 0 aliphatic carbocycles. The van der Waals surface area contributed by atoms with Gasteiger partial charge in [-0.05, 0) is 25.0 Å². The lowest BCUT2D eigenvalue weighted by Gasteiger charge is -2.36. The van der Waals surface area contributed by atoms with Gasteiger partial charge in [0.25, 0.3) is 5.91 Å². The number of nitrogens with one attached hydrogen (secondary N) is 1. The summed E-state index contributed by atoms with van der Waals surface area (Å²) in [5, 5.41) is 2.83. The Labute approximate surface area is 153 Å². The molecule has 0 spiro atoms. The molecule has 136 valence electrons. The summed E-state index contributed by atoms with van der Waals surface area (Å²) in [5.41, 5.74) is 1.86. The highest BCUT2D eigenvalue weighted by atomic mass is 16.5. The minimum Gasteiger partial charge on any atom is -0.368 e. The van der Waals surface area contributed by atoms with Gasteiger partial charge < -0.3 is 19.9 Å². The van der Waals surface area contributed by atoms with Crippen LogP contribution in [0.25, 0.3) is 0 Å². The Morgan fingerprint density at radius 1 is 1.04 bits per heavy atom. The van der Waals surface area contributed by atoms with Crippen LogP contribution in [0.4, 0.5) is 17.3 Å². The first-order valence-corrected chi connectivity index (χ1v) is 9.09. The molecule has 4 rings (SSSR count). The van der Waals surface area contributed by atoms with E-state index < -0.39 is 0 Å². The first-order chi connectivity index (χ1) is 12.8. The molecule has 1 atom stereocenters. The Bertz CT molecular complexity index is 723. The Morgan fingerprint density at radius 2 is 1.73 bits per heavy atom. The molecule has 0 radical (unpaired) electrons. The van der Waals surface area contributed by atoms with Crippen LogP contribution in [-0.4, -0.2) is 54.8 Å². The van der Waals surface area contributed by atoms with Crippen molar-refractivity contribution in [3.63, 3.8) is 0 Å². The van der Waals surface area contributed by atoms with Gasteiger partial charge in [0, 0.05) is 38.5 Å². The zero-order chi connectivity index (χ0) is 17.8. The predicted octanol–water partition coefficient (Wildman–Crippen LogP) is 1.92. The van der Waals surface area contributed by atoms with Gasteiger partial charge in [-0.3, -0.25) is 4.79 Å². The number of carbonyl (C=O) groups is 1. The topological polar surface area (TPSA) is 70.6 Å². The summed E-state index contributed by atoms with van der Waals surface area (Å²) in [6.45, 7) is 4.27. The van der Waals surface area contributed by atoms with E-state index in [4.69, 9.17) is 4.74 Å². The third-order valence-corrected chi connectivity index (χ3v) is 4.81. The zero-order valence-electron chi connectivity index (χ0n) is 14.7. The molecule has 2 saturated heterocycles. The summed E-state index contributed by atoms with van der Waals surface area (Å²) >= 11 is 0. The molecule has 3 heterocycles. The van der Waals surface area contributed by atoms with E-state index in [1.54, 1.807) is 12.4 Å². The molecular weight excluding hydrogens is 330 g/mol. The summed E-state index contributed by atoms with van der Waals surface area (Å²) in [5.74, 6) is 0.586. The number of nitrogens with zero attached hydrogens (tertiary/aromatic N) is 4. The van der Waals surface area contributed by atoms with Crippen molar-refractivity contribution in [2.24, 2.45) is 0 Å². The first-order valence-electron chi connectivity index (χ1n) is 9.09. The summed E-state index contributed by atoms with van der Waals surface area (Å²) < 4.78 is 5.39. The normalized spacial score (nSPS) is 20.2. The lowest BCUT2D eigenvalue weighted by atomic mass is 10.2. The minimum absolute atomic E-state index is 0.115. The van der Waals surface area contributed by atoms with Gasteiger partial charge in [-0.2, -0.15) is 0 Å². The van der Waals surface area contributed by atoms with E-state index in [1.807, 2.05) is 6.07 Å². The number of carbonyl (C=O) groups excluding carboxylic acids is 1. The average molecular weight is 353 g/mol. The highest BCUT2D eigenvalue weighted by Gasteiger charge is 2.24. The van der Waals surface area contributed by atoms with Gasteiger partial charge in [-0.25, -0.2) is 9.97 Å². The zero-order valence-corrected chi connectivity index (χ0v) is 14.7. The molecule has 0 saturated carbocycles. The summed E-state index contributed by atoms with van der Waals surface area (Å²) in [6.07, 6.45) is 4.69. The molecule has 2 fully saturated rings. The lowest BCUT2D eigenvalue weighted by molar-refractivity contribution is -0.124. The van der Waals surface area contributed by atoms with Crippen LogP contribution in [0, 0.1) is 0 Å². The highest BCUT2D eigenvalue weighted by molar-refractivity contribution is 5.94. The second kappa shape index (κ2) is 7.70. The number of aromatic nitrogens is 2. The number of para-hydroxylation sites is 1.